The molecule has 21 heavy (non-hydrogen) atoms. The molecule has 1 aromatic carbocycles. The quantitative estimate of drug-likeness (QED) is 0.794. The van der Waals surface area contributed by atoms with Crippen molar-refractivity contribution in [3.63, 3.8) is 0 Å². The zero-order valence-corrected chi connectivity index (χ0v) is 13.3. The van der Waals surface area contributed by atoms with E-state index in [2.05, 4.69) is 17.1 Å². The fraction of sp³-hybridized carbons (Fsp3) is 0.667. The standard InChI is InChI=1S/C18H29FN2/c1-2-10-20-14-16-8-9-18(19)17(13-16)15-21-11-6-4-3-5-7-12-21/h8-9,13,20H,2-7,10-12,14-15H2,1H3. The third-order valence-electron chi connectivity index (χ3n) is 4.21. The zero-order valence-electron chi connectivity index (χ0n) is 13.3. The third-order valence-corrected chi connectivity index (χ3v) is 4.21. The van der Waals surface area contributed by atoms with Gasteiger partial charge in [-0.3, -0.25) is 4.90 Å². The normalized spacial score (nSPS) is 17.4. The van der Waals surface area contributed by atoms with Crippen LogP contribution < -0.4 is 5.32 Å². The smallest absolute Gasteiger partial charge is 0.127 e. The molecular weight excluding hydrogens is 263 g/mol. The van der Waals surface area contributed by atoms with E-state index in [0.29, 0.717) is 0 Å². The Morgan fingerprint density at radius 1 is 1.10 bits per heavy atom. The predicted molar refractivity (Wildman–Crippen MR) is 86.8 cm³/mol. The van der Waals surface area contributed by atoms with Crippen LogP contribution in [0.15, 0.2) is 18.2 Å². The minimum atomic E-state index is -0.0590. The molecule has 1 aromatic rings. The Bertz CT molecular complexity index is 412. The Hall–Kier alpha value is -0.930. The molecule has 0 spiro atoms. The van der Waals surface area contributed by atoms with Crippen LogP contribution >= 0.6 is 0 Å². The number of rotatable bonds is 6. The van der Waals surface area contributed by atoms with Crippen molar-refractivity contribution in [3.05, 3.63) is 35.1 Å². The fourth-order valence-electron chi connectivity index (χ4n) is 2.98. The first-order valence-electron chi connectivity index (χ1n) is 8.50. The monoisotopic (exact) mass is 292 g/mol. The number of nitrogens with one attached hydrogen (secondary N) is 1. The van der Waals surface area contributed by atoms with Crippen LogP contribution in [-0.4, -0.2) is 24.5 Å². The summed E-state index contributed by atoms with van der Waals surface area (Å²) in [5, 5.41) is 3.38. The molecule has 2 nitrogen and oxygen atoms in total. The van der Waals surface area contributed by atoms with E-state index in [-0.39, 0.29) is 5.82 Å². The summed E-state index contributed by atoms with van der Waals surface area (Å²) in [5.41, 5.74) is 2.04. The third kappa shape index (κ3) is 5.76. The Morgan fingerprint density at radius 2 is 1.81 bits per heavy atom. The van der Waals surface area contributed by atoms with Crippen molar-refractivity contribution in [2.45, 2.75) is 58.5 Å². The number of hydrogen-bond donors (Lipinski definition) is 1. The highest BCUT2D eigenvalue weighted by atomic mass is 19.1. The van der Waals surface area contributed by atoms with Crippen LogP contribution in [0.25, 0.3) is 0 Å². The number of benzene rings is 1. The average molecular weight is 292 g/mol. The van der Waals surface area contributed by atoms with E-state index in [1.807, 2.05) is 12.1 Å². The maximum Gasteiger partial charge on any atom is 0.127 e. The number of hydrogen-bond acceptors (Lipinski definition) is 2. The van der Waals surface area contributed by atoms with Crippen LogP contribution in [0.5, 0.6) is 0 Å². The first kappa shape index (κ1) is 16.4. The van der Waals surface area contributed by atoms with Gasteiger partial charge in [0.15, 0.2) is 0 Å². The maximum absolute atomic E-state index is 14.0. The van der Waals surface area contributed by atoms with E-state index in [1.54, 1.807) is 6.07 Å². The Morgan fingerprint density at radius 3 is 2.52 bits per heavy atom. The van der Waals surface area contributed by atoms with E-state index in [1.165, 1.54) is 37.7 Å². The van der Waals surface area contributed by atoms with Gasteiger partial charge in [0.1, 0.15) is 5.82 Å². The van der Waals surface area contributed by atoms with Crippen LogP contribution in [-0.2, 0) is 13.1 Å². The van der Waals surface area contributed by atoms with Crippen LogP contribution in [0.2, 0.25) is 0 Å². The summed E-state index contributed by atoms with van der Waals surface area (Å²) >= 11 is 0. The molecule has 2 rings (SSSR count). The molecule has 0 amide bonds. The van der Waals surface area contributed by atoms with Crippen LogP contribution in [0.4, 0.5) is 4.39 Å². The van der Waals surface area contributed by atoms with Crippen molar-refractivity contribution in [1.29, 1.82) is 0 Å². The molecule has 1 saturated heterocycles. The fourth-order valence-corrected chi connectivity index (χ4v) is 2.98. The van der Waals surface area contributed by atoms with Gasteiger partial charge in [0.25, 0.3) is 0 Å². The van der Waals surface area contributed by atoms with Gasteiger partial charge in [-0.25, -0.2) is 4.39 Å². The van der Waals surface area contributed by atoms with Crippen LogP contribution in [0, 0.1) is 5.82 Å². The second-order valence-corrected chi connectivity index (χ2v) is 6.15. The van der Waals surface area contributed by atoms with Gasteiger partial charge in [0.05, 0.1) is 0 Å². The summed E-state index contributed by atoms with van der Waals surface area (Å²) in [4.78, 5) is 2.42. The lowest BCUT2D eigenvalue weighted by atomic mass is 10.1. The van der Waals surface area contributed by atoms with Gasteiger partial charge in [-0.2, -0.15) is 0 Å². The molecule has 0 radical (unpaired) electrons. The molecule has 0 bridgehead atoms. The van der Waals surface area contributed by atoms with E-state index in [9.17, 15) is 4.39 Å². The van der Waals surface area contributed by atoms with Gasteiger partial charge < -0.3 is 5.32 Å². The van der Waals surface area contributed by atoms with Gasteiger partial charge in [-0.05, 0) is 50.5 Å². The zero-order chi connectivity index (χ0) is 14.9. The Labute approximate surface area is 128 Å². The highest BCUT2D eigenvalue weighted by molar-refractivity contribution is 5.25. The van der Waals surface area contributed by atoms with Crippen molar-refractivity contribution in [1.82, 2.24) is 10.2 Å². The summed E-state index contributed by atoms with van der Waals surface area (Å²) in [5.74, 6) is -0.0590. The molecule has 0 atom stereocenters. The summed E-state index contributed by atoms with van der Waals surface area (Å²) in [6.07, 6.45) is 7.63. The van der Waals surface area contributed by atoms with Crippen molar-refractivity contribution in [2.75, 3.05) is 19.6 Å². The molecule has 0 unspecified atom stereocenters. The maximum atomic E-state index is 14.0. The summed E-state index contributed by atoms with van der Waals surface area (Å²) in [6, 6.07) is 5.56. The van der Waals surface area contributed by atoms with Gasteiger partial charge in [0.2, 0.25) is 0 Å². The molecule has 1 aliphatic heterocycles. The van der Waals surface area contributed by atoms with Gasteiger partial charge in [-0.15, -0.1) is 0 Å². The summed E-state index contributed by atoms with van der Waals surface area (Å²) in [7, 11) is 0. The number of halogens is 1. The second-order valence-electron chi connectivity index (χ2n) is 6.15. The molecule has 1 heterocycles. The average Bonchev–Trinajstić information content (AvgIpc) is 2.45. The van der Waals surface area contributed by atoms with E-state index in [0.717, 1.165) is 44.7 Å². The summed E-state index contributed by atoms with van der Waals surface area (Å²) < 4.78 is 14.0. The van der Waals surface area contributed by atoms with Crippen LogP contribution in [0.3, 0.4) is 0 Å². The Kier molecular flexibility index (Phi) is 7.17. The highest BCUT2D eigenvalue weighted by Gasteiger charge is 2.11. The molecule has 1 fully saturated rings. The van der Waals surface area contributed by atoms with Crippen molar-refractivity contribution >= 4 is 0 Å². The Balaban J connectivity index is 1.95. The molecule has 1 N–H and O–H groups in total. The first-order valence-corrected chi connectivity index (χ1v) is 8.50. The van der Waals surface area contributed by atoms with Gasteiger partial charge >= 0.3 is 0 Å². The molecule has 0 saturated carbocycles. The van der Waals surface area contributed by atoms with E-state index >= 15 is 0 Å². The molecular formula is C18H29FN2. The number of nitrogens with zero attached hydrogens (tertiary/aromatic N) is 1. The number of likely N-dealkylation sites (tertiary alicyclic amines) is 1. The summed E-state index contributed by atoms with van der Waals surface area (Å²) in [6.45, 7) is 6.98. The SMILES string of the molecule is CCCNCc1ccc(F)c(CN2CCCCCCC2)c1. The predicted octanol–water partition coefficient (Wildman–Crippen LogP) is 4.09. The first-order chi connectivity index (χ1) is 10.3. The lowest BCUT2D eigenvalue weighted by molar-refractivity contribution is 0.237. The van der Waals surface area contributed by atoms with E-state index in [4.69, 9.17) is 0 Å². The van der Waals surface area contributed by atoms with Crippen molar-refractivity contribution in [3.8, 4) is 0 Å². The molecule has 3 heteroatoms. The second kappa shape index (κ2) is 9.16. The van der Waals surface area contributed by atoms with Gasteiger partial charge in [-0.1, -0.05) is 38.3 Å². The molecule has 0 aliphatic carbocycles. The van der Waals surface area contributed by atoms with Crippen LogP contribution in [0.1, 0.15) is 56.6 Å². The molecule has 0 aromatic heterocycles. The van der Waals surface area contributed by atoms with Crippen molar-refractivity contribution < 1.29 is 4.39 Å². The molecule has 118 valence electrons. The lowest BCUT2D eigenvalue weighted by Gasteiger charge is -2.25. The highest BCUT2D eigenvalue weighted by Crippen LogP contribution is 2.17. The molecule has 1 aliphatic rings. The van der Waals surface area contributed by atoms with Gasteiger partial charge in [0, 0.05) is 18.7 Å². The lowest BCUT2D eigenvalue weighted by Crippen LogP contribution is -2.27. The largest absolute Gasteiger partial charge is 0.313 e. The van der Waals surface area contributed by atoms with Crippen molar-refractivity contribution in [2.24, 2.45) is 0 Å². The van der Waals surface area contributed by atoms with E-state index < -0.39 is 0 Å². The minimum Gasteiger partial charge on any atom is -0.313 e. The minimum absolute atomic E-state index is 0.0590. The topological polar surface area (TPSA) is 15.3 Å².